The number of carbonyl (C=O) groups excluding carboxylic acids is 1. The van der Waals surface area contributed by atoms with Gasteiger partial charge in [0.1, 0.15) is 5.04 Å². The molecule has 0 radical (unpaired) electrons. The number of hydrogen-bond donors (Lipinski definition) is 1. The van der Waals surface area contributed by atoms with Gasteiger partial charge in [0.05, 0.1) is 10.6 Å². The fourth-order valence-electron chi connectivity index (χ4n) is 1.89. The van der Waals surface area contributed by atoms with Gasteiger partial charge in [-0.3, -0.25) is 4.79 Å². The summed E-state index contributed by atoms with van der Waals surface area (Å²) < 4.78 is 28.1. The third kappa shape index (κ3) is 3.83. The molecule has 0 atom stereocenters. The first-order chi connectivity index (χ1) is 11.0. The number of benzene rings is 1. The molecule has 0 aliphatic carbocycles. The highest BCUT2D eigenvalue weighted by atomic mass is 32.2. The van der Waals surface area contributed by atoms with Crippen LogP contribution in [-0.4, -0.2) is 21.9 Å². The summed E-state index contributed by atoms with van der Waals surface area (Å²) in [6.45, 7) is 0. The van der Waals surface area contributed by atoms with Crippen molar-refractivity contribution in [3.05, 3.63) is 52.7 Å². The van der Waals surface area contributed by atoms with Crippen molar-refractivity contribution in [3.63, 3.8) is 0 Å². The fourth-order valence-corrected chi connectivity index (χ4v) is 3.33. The SMILES string of the molecule is O=C(Nc1ccccc1)C(F)(F)SC1=NN=C(c2cccs2)C1. The number of halogens is 2. The lowest BCUT2D eigenvalue weighted by Crippen LogP contribution is -2.32. The number of amides is 1. The van der Waals surface area contributed by atoms with Crippen molar-refractivity contribution >= 4 is 45.4 Å². The van der Waals surface area contributed by atoms with E-state index in [4.69, 9.17) is 0 Å². The van der Waals surface area contributed by atoms with E-state index in [9.17, 15) is 13.6 Å². The van der Waals surface area contributed by atoms with Gasteiger partial charge in [0.15, 0.2) is 0 Å². The van der Waals surface area contributed by atoms with Crippen molar-refractivity contribution < 1.29 is 13.6 Å². The molecule has 2 aromatic rings. The number of nitrogens with zero attached hydrogens (tertiary/aromatic N) is 2. The molecule has 1 aromatic carbocycles. The quantitative estimate of drug-likeness (QED) is 0.897. The summed E-state index contributed by atoms with van der Waals surface area (Å²) in [5, 5.41) is 8.26. The maximum absolute atomic E-state index is 14.0. The molecule has 1 aliphatic heterocycles. The molecule has 0 saturated carbocycles. The summed E-state index contributed by atoms with van der Waals surface area (Å²) in [5.74, 6) is -1.37. The maximum Gasteiger partial charge on any atom is 0.376 e. The summed E-state index contributed by atoms with van der Waals surface area (Å²) in [5.41, 5.74) is 0.962. The second-order valence-electron chi connectivity index (χ2n) is 4.63. The summed E-state index contributed by atoms with van der Waals surface area (Å²) >= 11 is 1.60. The van der Waals surface area contributed by atoms with Crippen LogP contribution in [0.5, 0.6) is 0 Å². The van der Waals surface area contributed by atoms with Gasteiger partial charge in [-0.05, 0) is 35.3 Å². The van der Waals surface area contributed by atoms with Crippen LogP contribution in [-0.2, 0) is 4.79 Å². The Hall–Kier alpha value is -2.06. The van der Waals surface area contributed by atoms with E-state index >= 15 is 0 Å². The molecule has 1 amide bonds. The molecule has 0 fully saturated rings. The monoisotopic (exact) mass is 351 g/mol. The summed E-state index contributed by atoms with van der Waals surface area (Å²) in [4.78, 5) is 12.7. The van der Waals surface area contributed by atoms with Crippen LogP contribution in [0.15, 0.2) is 58.0 Å². The van der Waals surface area contributed by atoms with Crippen LogP contribution >= 0.6 is 23.1 Å². The third-order valence-electron chi connectivity index (χ3n) is 2.95. The third-order valence-corrected chi connectivity index (χ3v) is 4.77. The van der Waals surface area contributed by atoms with E-state index in [1.807, 2.05) is 17.5 Å². The molecule has 0 spiro atoms. The maximum atomic E-state index is 14.0. The number of hydrogen-bond acceptors (Lipinski definition) is 5. The summed E-state index contributed by atoms with van der Waals surface area (Å²) in [7, 11) is 0. The highest BCUT2D eigenvalue weighted by molar-refractivity contribution is 8.15. The molecule has 2 heterocycles. The number of alkyl halides is 2. The average Bonchev–Trinajstić information content (AvgIpc) is 3.18. The van der Waals surface area contributed by atoms with E-state index in [0.717, 1.165) is 4.88 Å². The highest BCUT2D eigenvalue weighted by Gasteiger charge is 2.42. The van der Waals surface area contributed by atoms with Gasteiger partial charge in [0.25, 0.3) is 0 Å². The number of para-hydroxylation sites is 1. The normalized spacial score (nSPS) is 14.3. The van der Waals surface area contributed by atoms with E-state index in [1.54, 1.807) is 30.3 Å². The van der Waals surface area contributed by atoms with Crippen LogP contribution < -0.4 is 5.32 Å². The van der Waals surface area contributed by atoms with Crippen molar-refractivity contribution in [1.82, 2.24) is 0 Å². The van der Waals surface area contributed by atoms with Crippen molar-refractivity contribution in [2.45, 2.75) is 11.7 Å². The fraction of sp³-hybridized carbons (Fsp3) is 0.133. The predicted molar refractivity (Wildman–Crippen MR) is 90.5 cm³/mol. The standard InChI is InChI=1S/C15H11F2N3OS2/c16-15(17,14(21)18-10-5-2-1-3-6-10)23-13-9-11(19-20-13)12-7-4-8-22-12/h1-8H,9H2,(H,18,21). The van der Waals surface area contributed by atoms with Crippen LogP contribution in [0, 0.1) is 0 Å². The molecule has 1 N–H and O–H groups in total. The molecular weight excluding hydrogens is 340 g/mol. The van der Waals surface area contributed by atoms with E-state index in [1.165, 1.54) is 11.3 Å². The number of thioether (sulfide) groups is 1. The number of thiophene rings is 1. The Labute approximate surface area is 139 Å². The molecule has 3 rings (SSSR count). The first-order valence-electron chi connectivity index (χ1n) is 6.65. The number of rotatable bonds is 4. The van der Waals surface area contributed by atoms with Crippen LogP contribution in [0.4, 0.5) is 14.5 Å². The van der Waals surface area contributed by atoms with E-state index in [2.05, 4.69) is 15.5 Å². The van der Waals surface area contributed by atoms with Gasteiger partial charge in [-0.15, -0.1) is 16.4 Å². The first kappa shape index (κ1) is 15.8. The molecule has 118 valence electrons. The van der Waals surface area contributed by atoms with E-state index in [-0.39, 0.29) is 23.2 Å². The molecule has 1 aromatic heterocycles. The molecule has 23 heavy (non-hydrogen) atoms. The molecule has 1 aliphatic rings. The van der Waals surface area contributed by atoms with Gasteiger partial charge in [0.2, 0.25) is 0 Å². The van der Waals surface area contributed by atoms with Crippen LogP contribution in [0.25, 0.3) is 0 Å². The van der Waals surface area contributed by atoms with Gasteiger partial charge >= 0.3 is 11.2 Å². The lowest BCUT2D eigenvalue weighted by molar-refractivity contribution is -0.129. The van der Waals surface area contributed by atoms with Gasteiger partial charge in [0, 0.05) is 12.1 Å². The largest absolute Gasteiger partial charge is 0.376 e. The number of nitrogens with one attached hydrogen (secondary N) is 1. The predicted octanol–water partition coefficient (Wildman–Crippen LogP) is 4.22. The smallest absolute Gasteiger partial charge is 0.320 e. The summed E-state index contributed by atoms with van der Waals surface area (Å²) in [6.07, 6.45) is 0.208. The van der Waals surface area contributed by atoms with Crippen molar-refractivity contribution in [2.75, 3.05) is 5.32 Å². The number of carbonyl (C=O) groups is 1. The zero-order chi connectivity index (χ0) is 16.3. The van der Waals surface area contributed by atoms with E-state index < -0.39 is 11.2 Å². The van der Waals surface area contributed by atoms with Gasteiger partial charge in [-0.2, -0.15) is 13.9 Å². The van der Waals surface area contributed by atoms with Crippen LogP contribution in [0.3, 0.4) is 0 Å². The molecule has 0 unspecified atom stereocenters. The lowest BCUT2D eigenvalue weighted by atomic mass is 10.2. The Bertz CT molecular complexity index is 758. The zero-order valence-electron chi connectivity index (χ0n) is 11.7. The zero-order valence-corrected chi connectivity index (χ0v) is 13.3. The molecule has 4 nitrogen and oxygen atoms in total. The van der Waals surface area contributed by atoms with Crippen molar-refractivity contribution in [3.8, 4) is 0 Å². The Morgan fingerprint density at radius 2 is 1.96 bits per heavy atom. The van der Waals surface area contributed by atoms with Crippen LogP contribution in [0.1, 0.15) is 11.3 Å². The molecule has 0 saturated heterocycles. The minimum absolute atomic E-state index is 0.126. The Kier molecular flexibility index (Phi) is 4.53. The topological polar surface area (TPSA) is 53.8 Å². The molecule has 0 bridgehead atoms. The Morgan fingerprint density at radius 3 is 2.65 bits per heavy atom. The highest BCUT2D eigenvalue weighted by Crippen LogP contribution is 2.35. The average molecular weight is 351 g/mol. The molecule has 8 heteroatoms. The Morgan fingerprint density at radius 1 is 1.17 bits per heavy atom. The lowest BCUT2D eigenvalue weighted by Gasteiger charge is -2.15. The summed E-state index contributed by atoms with van der Waals surface area (Å²) in [6, 6.07) is 11.8. The second-order valence-corrected chi connectivity index (χ2v) is 6.77. The number of anilines is 1. The first-order valence-corrected chi connectivity index (χ1v) is 8.35. The minimum atomic E-state index is -3.62. The van der Waals surface area contributed by atoms with Crippen LogP contribution in [0.2, 0.25) is 0 Å². The minimum Gasteiger partial charge on any atom is -0.320 e. The van der Waals surface area contributed by atoms with Gasteiger partial charge in [-0.1, -0.05) is 24.3 Å². The van der Waals surface area contributed by atoms with Gasteiger partial charge < -0.3 is 5.32 Å². The van der Waals surface area contributed by atoms with Gasteiger partial charge in [-0.25, -0.2) is 0 Å². The van der Waals surface area contributed by atoms with E-state index in [0.29, 0.717) is 11.4 Å². The molecular formula is C15H11F2N3OS2. The van der Waals surface area contributed by atoms with Crippen molar-refractivity contribution in [2.24, 2.45) is 10.2 Å². The second kappa shape index (κ2) is 6.59. The van der Waals surface area contributed by atoms with Crippen molar-refractivity contribution in [1.29, 1.82) is 0 Å². The Balaban J connectivity index is 1.60.